The second-order valence-corrected chi connectivity index (χ2v) is 8.35. The molecule has 3 amide bonds. The molecule has 0 aliphatic carbocycles. The average molecular weight is 371 g/mol. The van der Waals surface area contributed by atoms with E-state index < -0.39 is 18.0 Å². The maximum Gasteiger partial charge on any atom is 0.243 e. The van der Waals surface area contributed by atoms with Crippen LogP contribution >= 0.6 is 11.8 Å². The second-order valence-electron chi connectivity index (χ2n) is 7.36. The van der Waals surface area contributed by atoms with Gasteiger partial charge in [0, 0.05) is 12.5 Å². The Balaban J connectivity index is 2.09. The summed E-state index contributed by atoms with van der Waals surface area (Å²) in [5, 5.41) is 6.01. The first-order valence-electron chi connectivity index (χ1n) is 8.97. The lowest BCUT2D eigenvalue weighted by Gasteiger charge is -2.30. The summed E-state index contributed by atoms with van der Waals surface area (Å²) in [7, 11) is 0. The van der Waals surface area contributed by atoms with Gasteiger partial charge in [-0.25, -0.2) is 0 Å². The van der Waals surface area contributed by atoms with Crippen LogP contribution in [0.15, 0.2) is 0 Å². The fraction of sp³-hybridized carbons (Fsp3) is 0.824. The summed E-state index contributed by atoms with van der Waals surface area (Å²) in [6.45, 7) is 5.51. The summed E-state index contributed by atoms with van der Waals surface area (Å²) >= 11 is 1.60. The Morgan fingerprint density at radius 2 is 2.16 bits per heavy atom. The molecule has 142 valence electrons. The van der Waals surface area contributed by atoms with Gasteiger partial charge >= 0.3 is 0 Å². The lowest BCUT2D eigenvalue weighted by molar-refractivity contribution is -0.140. The summed E-state index contributed by atoms with van der Waals surface area (Å²) in [5.74, 6) is 0.472. The highest BCUT2D eigenvalue weighted by Gasteiger charge is 2.47. The molecule has 2 aliphatic rings. The largest absolute Gasteiger partial charge is 0.368 e. The smallest absolute Gasteiger partial charge is 0.243 e. The Labute approximate surface area is 153 Å². The Hall–Kier alpha value is -1.28. The molecule has 0 radical (unpaired) electrons. The topological polar surface area (TPSA) is 105 Å². The van der Waals surface area contributed by atoms with Crippen LogP contribution < -0.4 is 16.4 Å². The highest BCUT2D eigenvalue weighted by Crippen LogP contribution is 2.29. The molecule has 7 nitrogen and oxygen atoms in total. The van der Waals surface area contributed by atoms with E-state index in [2.05, 4.69) is 10.6 Å². The number of hydrogen-bond donors (Lipinski definition) is 3. The van der Waals surface area contributed by atoms with Crippen LogP contribution in [0.4, 0.5) is 0 Å². The predicted molar refractivity (Wildman–Crippen MR) is 99.0 cm³/mol. The first-order valence-corrected chi connectivity index (χ1v) is 10.4. The third-order valence-electron chi connectivity index (χ3n) is 4.98. The molecule has 2 saturated heterocycles. The van der Waals surface area contributed by atoms with E-state index in [1.54, 1.807) is 16.7 Å². The van der Waals surface area contributed by atoms with Gasteiger partial charge in [-0.3, -0.25) is 14.4 Å². The van der Waals surface area contributed by atoms with Crippen molar-refractivity contribution in [3.05, 3.63) is 0 Å². The van der Waals surface area contributed by atoms with Crippen molar-refractivity contribution in [2.75, 3.05) is 25.1 Å². The quantitative estimate of drug-likeness (QED) is 0.528. The van der Waals surface area contributed by atoms with Gasteiger partial charge in [-0.2, -0.15) is 11.8 Å². The Bertz CT molecular complexity index is 514. The standard InChI is InChI=1S/C17H30N4O3S/c1-10(2)8-13(16(23)20-12(15(18)22)5-7-25-3)21-9-11-4-6-19-14(11)17(21)24/h10-14,19H,4-9H2,1-3H3,(H2,18,22)(H,20,23)/t11-,12+,13-,14-/m1/s1. The molecule has 4 N–H and O–H groups in total. The van der Waals surface area contributed by atoms with Crippen LogP contribution in [0, 0.1) is 11.8 Å². The highest BCUT2D eigenvalue weighted by molar-refractivity contribution is 7.98. The molecular formula is C17H30N4O3S. The van der Waals surface area contributed by atoms with Crippen LogP contribution in [-0.4, -0.2) is 65.8 Å². The first kappa shape index (κ1) is 20.0. The number of likely N-dealkylation sites (tertiary alicyclic amines) is 1. The number of amides is 3. The summed E-state index contributed by atoms with van der Waals surface area (Å²) in [5.41, 5.74) is 5.43. The van der Waals surface area contributed by atoms with Crippen LogP contribution in [0.2, 0.25) is 0 Å². The van der Waals surface area contributed by atoms with Gasteiger partial charge in [0.05, 0.1) is 6.04 Å². The molecule has 2 fully saturated rings. The molecule has 0 aromatic carbocycles. The van der Waals surface area contributed by atoms with Crippen molar-refractivity contribution in [1.29, 1.82) is 0 Å². The van der Waals surface area contributed by atoms with E-state index >= 15 is 0 Å². The Morgan fingerprint density at radius 3 is 2.72 bits per heavy atom. The van der Waals surface area contributed by atoms with Gasteiger partial charge in [0.25, 0.3) is 0 Å². The van der Waals surface area contributed by atoms with Gasteiger partial charge in [0.15, 0.2) is 0 Å². The zero-order chi connectivity index (χ0) is 18.6. The van der Waals surface area contributed by atoms with Crippen LogP contribution in [0.25, 0.3) is 0 Å². The number of nitrogens with one attached hydrogen (secondary N) is 2. The number of carbonyl (C=O) groups is 3. The minimum atomic E-state index is -0.690. The molecule has 0 saturated carbocycles. The normalized spacial score (nSPS) is 25.1. The van der Waals surface area contributed by atoms with Crippen molar-refractivity contribution in [3.63, 3.8) is 0 Å². The summed E-state index contributed by atoms with van der Waals surface area (Å²) in [6.07, 6.45) is 3.97. The minimum Gasteiger partial charge on any atom is -0.368 e. The molecule has 0 bridgehead atoms. The van der Waals surface area contributed by atoms with Gasteiger partial charge < -0.3 is 21.3 Å². The molecule has 2 aliphatic heterocycles. The van der Waals surface area contributed by atoms with Crippen molar-refractivity contribution >= 4 is 29.5 Å². The van der Waals surface area contributed by atoms with E-state index in [-0.39, 0.29) is 29.7 Å². The molecule has 0 aromatic rings. The fourth-order valence-corrected chi connectivity index (χ4v) is 4.13. The van der Waals surface area contributed by atoms with Crippen LogP contribution in [0.3, 0.4) is 0 Å². The van der Waals surface area contributed by atoms with E-state index in [9.17, 15) is 14.4 Å². The molecule has 0 unspecified atom stereocenters. The highest BCUT2D eigenvalue weighted by atomic mass is 32.2. The minimum absolute atomic E-state index is 0.00281. The maximum atomic E-state index is 12.9. The molecule has 8 heteroatoms. The lowest BCUT2D eigenvalue weighted by Crippen LogP contribution is -2.54. The van der Waals surface area contributed by atoms with Crippen molar-refractivity contribution in [1.82, 2.24) is 15.5 Å². The van der Waals surface area contributed by atoms with Gasteiger partial charge in [0.1, 0.15) is 12.1 Å². The van der Waals surface area contributed by atoms with E-state index in [4.69, 9.17) is 5.73 Å². The van der Waals surface area contributed by atoms with E-state index in [0.29, 0.717) is 19.4 Å². The number of carbonyl (C=O) groups excluding carboxylic acids is 3. The summed E-state index contributed by atoms with van der Waals surface area (Å²) in [6, 6.07) is -1.40. The molecule has 25 heavy (non-hydrogen) atoms. The predicted octanol–water partition coefficient (Wildman–Crippen LogP) is -0.0554. The third kappa shape index (κ3) is 4.88. The van der Waals surface area contributed by atoms with Gasteiger partial charge in [-0.15, -0.1) is 0 Å². The lowest BCUT2D eigenvalue weighted by atomic mass is 10.0. The number of primary amides is 1. The van der Waals surface area contributed by atoms with E-state index in [0.717, 1.165) is 18.7 Å². The second kappa shape index (κ2) is 8.89. The van der Waals surface area contributed by atoms with Crippen molar-refractivity contribution < 1.29 is 14.4 Å². The molecule has 2 rings (SSSR count). The zero-order valence-electron chi connectivity index (χ0n) is 15.3. The third-order valence-corrected chi connectivity index (χ3v) is 5.62. The van der Waals surface area contributed by atoms with Gasteiger partial charge in [0.2, 0.25) is 17.7 Å². The van der Waals surface area contributed by atoms with Crippen LogP contribution in [0.1, 0.15) is 33.1 Å². The van der Waals surface area contributed by atoms with Crippen LogP contribution in [0.5, 0.6) is 0 Å². The molecule has 4 atom stereocenters. The fourth-order valence-electron chi connectivity index (χ4n) is 3.66. The number of fused-ring (bicyclic) bond motifs is 1. The SMILES string of the molecule is CSCC[C@H](NC(=O)[C@@H](CC(C)C)N1C[C@H]2CCN[C@H]2C1=O)C(N)=O. The zero-order valence-corrected chi connectivity index (χ0v) is 16.1. The summed E-state index contributed by atoms with van der Waals surface area (Å²) in [4.78, 5) is 38.9. The first-order chi connectivity index (χ1) is 11.8. The van der Waals surface area contributed by atoms with Crippen molar-refractivity contribution in [2.45, 2.75) is 51.2 Å². The number of rotatable bonds is 9. The summed E-state index contributed by atoms with van der Waals surface area (Å²) < 4.78 is 0. The Kier molecular flexibility index (Phi) is 7.13. The van der Waals surface area contributed by atoms with E-state index in [1.165, 1.54) is 0 Å². The monoisotopic (exact) mass is 370 g/mol. The number of nitrogens with two attached hydrogens (primary N) is 1. The van der Waals surface area contributed by atoms with Gasteiger partial charge in [-0.05, 0) is 43.7 Å². The molecule has 0 aromatic heterocycles. The average Bonchev–Trinajstić information content (AvgIpc) is 3.11. The molecule has 0 spiro atoms. The molecular weight excluding hydrogens is 340 g/mol. The molecule has 2 heterocycles. The van der Waals surface area contributed by atoms with Crippen molar-refractivity contribution in [2.24, 2.45) is 17.6 Å². The van der Waals surface area contributed by atoms with Crippen molar-refractivity contribution in [3.8, 4) is 0 Å². The van der Waals surface area contributed by atoms with E-state index in [1.807, 2.05) is 20.1 Å². The maximum absolute atomic E-state index is 12.9. The number of hydrogen-bond acceptors (Lipinski definition) is 5. The Morgan fingerprint density at radius 1 is 1.44 bits per heavy atom. The number of thioether (sulfide) groups is 1. The number of nitrogens with zero attached hydrogens (tertiary/aromatic N) is 1. The van der Waals surface area contributed by atoms with Gasteiger partial charge in [-0.1, -0.05) is 13.8 Å². The van der Waals surface area contributed by atoms with Crippen LogP contribution in [-0.2, 0) is 14.4 Å².